The molecule has 0 radical (unpaired) electrons. The first kappa shape index (κ1) is 17.7. The van der Waals surface area contributed by atoms with Crippen molar-refractivity contribution in [1.82, 2.24) is 9.55 Å². The molecule has 5 heteroatoms. The van der Waals surface area contributed by atoms with E-state index in [1.54, 1.807) is 23.0 Å². The van der Waals surface area contributed by atoms with Crippen molar-refractivity contribution in [3.8, 4) is 0 Å². The van der Waals surface area contributed by atoms with E-state index in [-0.39, 0.29) is 11.5 Å². The fourth-order valence-corrected chi connectivity index (χ4v) is 3.12. The molecule has 1 amide bonds. The van der Waals surface area contributed by atoms with E-state index >= 15 is 0 Å². The van der Waals surface area contributed by atoms with Crippen LogP contribution in [-0.2, 0) is 6.54 Å². The van der Waals surface area contributed by atoms with Crippen LogP contribution in [0.25, 0.3) is 10.9 Å². The van der Waals surface area contributed by atoms with E-state index in [9.17, 15) is 9.59 Å². The zero-order valence-corrected chi connectivity index (χ0v) is 15.4. The average Bonchev–Trinajstić information content (AvgIpc) is 2.71. The Balaban J connectivity index is 1.60. The maximum absolute atomic E-state index is 12.8. The molecule has 4 aromatic rings. The molecule has 1 heterocycles. The number of amides is 1. The Morgan fingerprint density at radius 3 is 2.64 bits per heavy atom. The van der Waals surface area contributed by atoms with Crippen molar-refractivity contribution in [1.29, 1.82) is 0 Å². The lowest BCUT2D eigenvalue weighted by molar-refractivity contribution is 0.102. The van der Waals surface area contributed by atoms with Gasteiger partial charge in [0, 0.05) is 11.3 Å². The minimum Gasteiger partial charge on any atom is -0.322 e. The zero-order chi connectivity index (χ0) is 19.5. The molecular weight excluding hydrogens is 350 g/mol. The van der Waals surface area contributed by atoms with Crippen LogP contribution in [0.4, 0.5) is 5.69 Å². The number of anilines is 1. The molecule has 0 bridgehead atoms. The largest absolute Gasteiger partial charge is 0.322 e. The predicted octanol–water partition coefficient (Wildman–Crippen LogP) is 4.01. The van der Waals surface area contributed by atoms with Gasteiger partial charge >= 0.3 is 0 Å². The summed E-state index contributed by atoms with van der Waals surface area (Å²) in [5, 5.41) is 3.47. The van der Waals surface area contributed by atoms with E-state index < -0.39 is 0 Å². The van der Waals surface area contributed by atoms with E-state index in [1.807, 2.05) is 67.6 Å². The molecule has 3 aromatic carbocycles. The minimum absolute atomic E-state index is 0.0900. The van der Waals surface area contributed by atoms with E-state index in [1.165, 1.54) is 0 Å². The third kappa shape index (κ3) is 3.69. The van der Waals surface area contributed by atoms with Gasteiger partial charge in [-0.25, -0.2) is 4.98 Å². The Labute approximate surface area is 162 Å². The molecule has 0 aliphatic heterocycles. The number of aromatic nitrogens is 2. The minimum atomic E-state index is -0.187. The van der Waals surface area contributed by atoms with Gasteiger partial charge in [-0.2, -0.15) is 0 Å². The van der Waals surface area contributed by atoms with Gasteiger partial charge in [0.2, 0.25) is 0 Å². The highest BCUT2D eigenvalue weighted by Crippen LogP contribution is 2.13. The molecule has 0 unspecified atom stereocenters. The number of carbonyl (C=O) groups excluding carboxylic acids is 1. The van der Waals surface area contributed by atoms with Gasteiger partial charge in [0.15, 0.2) is 0 Å². The molecular formula is C23H19N3O2. The Bertz CT molecular complexity index is 1210. The summed E-state index contributed by atoms with van der Waals surface area (Å²) >= 11 is 0. The number of para-hydroxylation sites is 1. The van der Waals surface area contributed by atoms with E-state index in [2.05, 4.69) is 10.3 Å². The van der Waals surface area contributed by atoms with Crippen molar-refractivity contribution >= 4 is 22.5 Å². The quantitative estimate of drug-likeness (QED) is 0.591. The van der Waals surface area contributed by atoms with Crippen LogP contribution in [-0.4, -0.2) is 15.5 Å². The highest BCUT2D eigenvalue weighted by molar-refractivity contribution is 6.04. The fraction of sp³-hybridized carbons (Fsp3) is 0.0870. The van der Waals surface area contributed by atoms with Crippen molar-refractivity contribution in [2.45, 2.75) is 13.5 Å². The Morgan fingerprint density at radius 2 is 1.82 bits per heavy atom. The number of nitrogens with zero attached hydrogens (tertiary/aromatic N) is 2. The number of hydrogen-bond acceptors (Lipinski definition) is 3. The maximum atomic E-state index is 12.8. The predicted molar refractivity (Wildman–Crippen MR) is 111 cm³/mol. The highest BCUT2D eigenvalue weighted by Gasteiger charge is 2.09. The zero-order valence-electron chi connectivity index (χ0n) is 15.4. The third-order valence-electron chi connectivity index (χ3n) is 4.55. The van der Waals surface area contributed by atoms with Crippen LogP contribution in [0.2, 0.25) is 0 Å². The summed E-state index contributed by atoms with van der Waals surface area (Å²) in [5.41, 5.74) is 3.75. The number of rotatable bonds is 4. The standard InChI is InChI=1S/C23H19N3O2/c1-16-10-11-21-20(12-16)23(28)26(15-24-21)14-17-6-5-7-18(13-17)22(27)25-19-8-3-2-4-9-19/h2-13,15H,14H2,1H3,(H,25,27). The monoisotopic (exact) mass is 369 g/mol. The number of hydrogen-bond donors (Lipinski definition) is 1. The maximum Gasteiger partial charge on any atom is 0.261 e. The van der Waals surface area contributed by atoms with E-state index in [0.717, 1.165) is 16.8 Å². The first-order chi connectivity index (χ1) is 13.6. The molecule has 1 aromatic heterocycles. The molecule has 0 aliphatic carbocycles. The summed E-state index contributed by atoms with van der Waals surface area (Å²) in [4.78, 5) is 29.7. The lowest BCUT2D eigenvalue weighted by atomic mass is 10.1. The Hall–Kier alpha value is -3.73. The molecule has 0 aliphatic rings. The molecule has 28 heavy (non-hydrogen) atoms. The normalized spacial score (nSPS) is 10.8. The molecule has 5 nitrogen and oxygen atoms in total. The molecule has 4 rings (SSSR count). The second-order valence-corrected chi connectivity index (χ2v) is 6.72. The summed E-state index contributed by atoms with van der Waals surface area (Å²) in [6.07, 6.45) is 1.55. The third-order valence-corrected chi connectivity index (χ3v) is 4.55. The van der Waals surface area contributed by atoms with Gasteiger partial charge in [-0.3, -0.25) is 14.2 Å². The first-order valence-electron chi connectivity index (χ1n) is 9.01. The summed E-state index contributed by atoms with van der Waals surface area (Å²) in [6, 6.07) is 22.2. The van der Waals surface area contributed by atoms with Crippen LogP contribution in [0, 0.1) is 6.92 Å². The van der Waals surface area contributed by atoms with Crippen molar-refractivity contribution in [2.75, 3.05) is 5.32 Å². The first-order valence-corrected chi connectivity index (χ1v) is 9.01. The summed E-state index contributed by atoms with van der Waals surface area (Å²) < 4.78 is 1.57. The molecule has 0 fully saturated rings. The highest BCUT2D eigenvalue weighted by atomic mass is 16.1. The van der Waals surface area contributed by atoms with Gasteiger partial charge in [0.05, 0.1) is 23.8 Å². The van der Waals surface area contributed by atoms with Crippen molar-refractivity contribution < 1.29 is 4.79 Å². The molecule has 1 N–H and O–H groups in total. The Morgan fingerprint density at radius 1 is 1.00 bits per heavy atom. The lowest BCUT2D eigenvalue weighted by Crippen LogP contribution is -2.21. The molecule has 0 saturated heterocycles. The number of aryl methyl sites for hydroxylation is 1. The lowest BCUT2D eigenvalue weighted by Gasteiger charge is -2.09. The molecule has 138 valence electrons. The number of nitrogens with one attached hydrogen (secondary N) is 1. The van der Waals surface area contributed by atoms with Gasteiger partial charge in [-0.15, -0.1) is 0 Å². The SMILES string of the molecule is Cc1ccc2ncn(Cc3cccc(C(=O)Nc4ccccc4)c3)c(=O)c2c1. The van der Waals surface area contributed by atoms with Gasteiger partial charge < -0.3 is 5.32 Å². The van der Waals surface area contributed by atoms with Gasteiger partial charge in [0.1, 0.15) is 0 Å². The van der Waals surface area contributed by atoms with Crippen LogP contribution in [0.15, 0.2) is 83.9 Å². The summed E-state index contributed by atoms with van der Waals surface area (Å²) in [7, 11) is 0. The average molecular weight is 369 g/mol. The van der Waals surface area contributed by atoms with E-state index in [4.69, 9.17) is 0 Å². The molecule has 0 saturated carbocycles. The Kier molecular flexibility index (Phi) is 4.72. The van der Waals surface area contributed by atoms with Gasteiger partial charge in [-0.1, -0.05) is 42.0 Å². The van der Waals surface area contributed by atoms with Crippen LogP contribution in [0.1, 0.15) is 21.5 Å². The molecule has 0 spiro atoms. The van der Waals surface area contributed by atoms with Crippen LogP contribution < -0.4 is 10.9 Å². The second kappa shape index (κ2) is 7.48. The molecule has 0 atom stereocenters. The van der Waals surface area contributed by atoms with Crippen LogP contribution in [0.3, 0.4) is 0 Å². The fourth-order valence-electron chi connectivity index (χ4n) is 3.12. The van der Waals surface area contributed by atoms with Gasteiger partial charge in [-0.05, 0) is 48.9 Å². The number of fused-ring (bicyclic) bond motifs is 1. The van der Waals surface area contributed by atoms with Crippen molar-refractivity contribution in [3.63, 3.8) is 0 Å². The summed E-state index contributed by atoms with van der Waals surface area (Å²) in [5.74, 6) is -0.187. The van der Waals surface area contributed by atoms with Crippen LogP contribution >= 0.6 is 0 Å². The summed E-state index contributed by atoms with van der Waals surface area (Å²) in [6.45, 7) is 2.30. The number of benzene rings is 3. The van der Waals surface area contributed by atoms with Crippen molar-refractivity contribution in [2.24, 2.45) is 0 Å². The van der Waals surface area contributed by atoms with E-state index in [0.29, 0.717) is 23.0 Å². The smallest absolute Gasteiger partial charge is 0.261 e. The second-order valence-electron chi connectivity index (χ2n) is 6.72. The van der Waals surface area contributed by atoms with Gasteiger partial charge in [0.25, 0.3) is 11.5 Å². The number of carbonyl (C=O) groups is 1. The van der Waals surface area contributed by atoms with Crippen LogP contribution in [0.5, 0.6) is 0 Å². The topological polar surface area (TPSA) is 64.0 Å². The van der Waals surface area contributed by atoms with Crippen molar-refractivity contribution in [3.05, 3.63) is 106 Å².